The Kier molecular flexibility index (Phi) is 5.93. The van der Waals surface area contributed by atoms with Gasteiger partial charge in [0, 0.05) is 24.5 Å². The molecule has 0 bridgehead atoms. The van der Waals surface area contributed by atoms with Crippen LogP contribution in [0.2, 0.25) is 0 Å². The summed E-state index contributed by atoms with van der Waals surface area (Å²) < 4.78 is 0. The van der Waals surface area contributed by atoms with Gasteiger partial charge in [-0.15, -0.1) is 0 Å². The van der Waals surface area contributed by atoms with Crippen LogP contribution >= 0.6 is 0 Å². The maximum atomic E-state index is 13.8. The molecule has 2 aliphatic heterocycles. The molecule has 2 heterocycles. The van der Waals surface area contributed by atoms with Crippen LogP contribution < -0.4 is 15.1 Å². The monoisotopic (exact) mass is 465 g/mol. The molecule has 0 aliphatic carbocycles. The highest BCUT2D eigenvalue weighted by Crippen LogP contribution is 2.36. The minimum atomic E-state index is -0.333. The molecule has 5 rings (SSSR count). The number of nitrogens with one attached hydrogen (secondary N) is 1. The molecule has 35 heavy (non-hydrogen) atoms. The number of carbonyl (C=O) groups excluding carboxylic acids is 2. The van der Waals surface area contributed by atoms with Crippen molar-refractivity contribution in [2.45, 2.75) is 40.5 Å². The van der Waals surface area contributed by atoms with Gasteiger partial charge in [-0.25, -0.2) is 4.90 Å². The van der Waals surface area contributed by atoms with Gasteiger partial charge in [-0.2, -0.15) is 0 Å². The molecular weight excluding hydrogens is 434 g/mol. The van der Waals surface area contributed by atoms with Crippen molar-refractivity contribution in [2.24, 2.45) is 0 Å². The predicted octanol–water partition coefficient (Wildman–Crippen LogP) is 5.92. The summed E-state index contributed by atoms with van der Waals surface area (Å²) in [7, 11) is 0. The minimum Gasteiger partial charge on any atom is -0.372 e. The molecule has 0 aromatic heterocycles. The second kappa shape index (κ2) is 9.06. The molecule has 5 nitrogen and oxygen atoms in total. The van der Waals surface area contributed by atoms with Crippen LogP contribution in [0.4, 0.5) is 17.1 Å². The highest BCUT2D eigenvalue weighted by Gasteiger charge is 2.41. The number of carbonyl (C=O) groups is 2. The molecular formula is C30H31N3O2. The zero-order valence-electron chi connectivity index (χ0n) is 20.8. The van der Waals surface area contributed by atoms with Gasteiger partial charge in [-0.3, -0.25) is 9.59 Å². The third-order valence-corrected chi connectivity index (χ3v) is 7.09. The van der Waals surface area contributed by atoms with Gasteiger partial charge < -0.3 is 10.2 Å². The lowest BCUT2D eigenvalue weighted by molar-refractivity contribution is -0.120. The van der Waals surface area contributed by atoms with Gasteiger partial charge in [-0.05, 0) is 98.7 Å². The fraction of sp³-hybridized carbons (Fsp3) is 0.267. The number of rotatable bonds is 5. The summed E-state index contributed by atoms with van der Waals surface area (Å²) in [5, 5.41) is 3.30. The summed E-state index contributed by atoms with van der Waals surface area (Å²) in [4.78, 5) is 31.3. The van der Waals surface area contributed by atoms with E-state index >= 15 is 0 Å². The van der Waals surface area contributed by atoms with E-state index in [1.54, 1.807) is 0 Å². The average molecular weight is 466 g/mol. The number of amides is 2. The van der Waals surface area contributed by atoms with Crippen LogP contribution in [0.5, 0.6) is 0 Å². The number of benzene rings is 3. The molecule has 0 radical (unpaired) electrons. The van der Waals surface area contributed by atoms with E-state index in [0.29, 0.717) is 17.0 Å². The van der Waals surface area contributed by atoms with Gasteiger partial charge in [0.15, 0.2) is 0 Å². The third-order valence-electron chi connectivity index (χ3n) is 7.09. The van der Waals surface area contributed by atoms with Crippen molar-refractivity contribution in [2.75, 3.05) is 28.2 Å². The zero-order chi connectivity index (χ0) is 24.7. The van der Waals surface area contributed by atoms with Gasteiger partial charge in [0.2, 0.25) is 0 Å². The van der Waals surface area contributed by atoms with Crippen molar-refractivity contribution in [1.82, 2.24) is 0 Å². The molecule has 1 fully saturated rings. The van der Waals surface area contributed by atoms with Crippen molar-refractivity contribution in [3.05, 3.63) is 94.2 Å². The fourth-order valence-electron chi connectivity index (χ4n) is 4.86. The molecule has 178 valence electrons. The Morgan fingerprint density at radius 2 is 1.40 bits per heavy atom. The Morgan fingerprint density at radius 3 is 2.09 bits per heavy atom. The quantitative estimate of drug-likeness (QED) is 0.476. The molecule has 0 unspecified atom stereocenters. The molecule has 1 N–H and O–H groups in total. The van der Waals surface area contributed by atoms with Gasteiger partial charge in [-0.1, -0.05) is 30.3 Å². The van der Waals surface area contributed by atoms with E-state index in [-0.39, 0.29) is 11.8 Å². The molecule has 3 aromatic carbocycles. The lowest BCUT2D eigenvalue weighted by Crippen LogP contribution is -2.33. The molecule has 0 spiro atoms. The van der Waals surface area contributed by atoms with Crippen LogP contribution in [0.25, 0.3) is 5.57 Å². The summed E-state index contributed by atoms with van der Waals surface area (Å²) in [5.41, 5.74) is 8.16. The fourth-order valence-corrected chi connectivity index (χ4v) is 4.86. The van der Waals surface area contributed by atoms with Crippen molar-refractivity contribution in [3.8, 4) is 0 Å². The number of imide groups is 1. The summed E-state index contributed by atoms with van der Waals surface area (Å²) >= 11 is 0. The first-order chi connectivity index (χ1) is 16.8. The summed E-state index contributed by atoms with van der Waals surface area (Å²) in [6.45, 7) is 10.1. The number of nitrogens with zero attached hydrogens (tertiary/aromatic N) is 2. The first kappa shape index (κ1) is 22.9. The highest BCUT2D eigenvalue weighted by atomic mass is 16.2. The first-order valence-corrected chi connectivity index (χ1v) is 12.2. The second-order valence-electron chi connectivity index (χ2n) is 9.65. The average Bonchev–Trinajstić information content (AvgIpc) is 3.46. The van der Waals surface area contributed by atoms with Crippen LogP contribution in [-0.4, -0.2) is 24.9 Å². The maximum absolute atomic E-state index is 13.8. The summed E-state index contributed by atoms with van der Waals surface area (Å²) in [6.07, 6.45) is 2.44. The van der Waals surface area contributed by atoms with Crippen LogP contribution in [0, 0.1) is 27.7 Å². The number of hydrogen-bond acceptors (Lipinski definition) is 4. The van der Waals surface area contributed by atoms with Crippen molar-refractivity contribution < 1.29 is 9.59 Å². The predicted molar refractivity (Wildman–Crippen MR) is 143 cm³/mol. The lowest BCUT2D eigenvalue weighted by atomic mass is 9.99. The number of aryl methyl sites for hydroxylation is 4. The third kappa shape index (κ3) is 4.23. The Morgan fingerprint density at radius 1 is 0.714 bits per heavy atom. The molecule has 0 atom stereocenters. The normalized spacial score (nSPS) is 16.0. The highest BCUT2D eigenvalue weighted by molar-refractivity contribution is 6.46. The molecule has 0 saturated carbocycles. The summed E-state index contributed by atoms with van der Waals surface area (Å²) in [5.74, 6) is -0.635. The van der Waals surface area contributed by atoms with Crippen molar-refractivity contribution in [3.63, 3.8) is 0 Å². The van der Waals surface area contributed by atoms with E-state index in [2.05, 4.69) is 22.3 Å². The van der Waals surface area contributed by atoms with E-state index in [9.17, 15) is 9.59 Å². The van der Waals surface area contributed by atoms with E-state index in [4.69, 9.17) is 0 Å². The van der Waals surface area contributed by atoms with Gasteiger partial charge >= 0.3 is 0 Å². The standard InChI is InChI=1S/C30H31N3O2/c1-19-7-8-21(3)26(17-19)33-29(34)27(23-10-9-20(2)22(4)18-23)28(30(33)35)31-24-11-13-25(14-12-24)32-15-5-6-16-32/h7-14,17-18,31H,5-6,15-16H2,1-4H3. The Balaban J connectivity index is 1.56. The molecule has 2 amide bonds. The van der Waals surface area contributed by atoms with Crippen molar-refractivity contribution >= 4 is 34.4 Å². The van der Waals surface area contributed by atoms with Crippen molar-refractivity contribution in [1.29, 1.82) is 0 Å². The zero-order valence-corrected chi connectivity index (χ0v) is 20.8. The molecule has 5 heteroatoms. The molecule has 2 aliphatic rings. The second-order valence-corrected chi connectivity index (χ2v) is 9.65. The van der Waals surface area contributed by atoms with Gasteiger partial charge in [0.1, 0.15) is 5.70 Å². The van der Waals surface area contributed by atoms with E-state index in [1.807, 2.05) is 76.2 Å². The van der Waals surface area contributed by atoms with E-state index in [0.717, 1.165) is 46.6 Å². The van der Waals surface area contributed by atoms with Gasteiger partial charge in [0.25, 0.3) is 11.8 Å². The Labute approximate surface area is 207 Å². The van der Waals surface area contributed by atoms with Crippen LogP contribution in [0.15, 0.2) is 66.4 Å². The Hall–Kier alpha value is -3.86. The van der Waals surface area contributed by atoms with E-state index < -0.39 is 0 Å². The lowest BCUT2D eigenvalue weighted by Gasteiger charge is -2.19. The van der Waals surface area contributed by atoms with Crippen LogP contribution in [-0.2, 0) is 9.59 Å². The largest absolute Gasteiger partial charge is 0.372 e. The van der Waals surface area contributed by atoms with Crippen LogP contribution in [0.3, 0.4) is 0 Å². The maximum Gasteiger partial charge on any atom is 0.282 e. The van der Waals surface area contributed by atoms with Crippen LogP contribution in [0.1, 0.15) is 40.7 Å². The number of hydrogen-bond donors (Lipinski definition) is 1. The topological polar surface area (TPSA) is 52.7 Å². The molecule has 1 saturated heterocycles. The molecule has 3 aromatic rings. The van der Waals surface area contributed by atoms with E-state index in [1.165, 1.54) is 23.4 Å². The minimum absolute atomic E-state index is 0.303. The number of anilines is 3. The summed E-state index contributed by atoms with van der Waals surface area (Å²) in [6, 6.07) is 19.9. The Bertz CT molecular complexity index is 1350. The first-order valence-electron chi connectivity index (χ1n) is 12.2. The smallest absolute Gasteiger partial charge is 0.282 e. The van der Waals surface area contributed by atoms with Gasteiger partial charge in [0.05, 0.1) is 11.3 Å². The SMILES string of the molecule is Cc1ccc(C)c(N2C(=O)C(Nc3ccc(N4CCCC4)cc3)=C(c3ccc(C)c(C)c3)C2=O)c1.